The fraction of sp³-hybridized carbons (Fsp3) is 0. The van der Waals surface area contributed by atoms with Crippen LogP contribution >= 0.6 is 0 Å². The summed E-state index contributed by atoms with van der Waals surface area (Å²) in [4.78, 5) is 4.86. The van der Waals surface area contributed by atoms with E-state index in [0.717, 1.165) is 22.3 Å². The molecule has 2 heterocycles. The number of hydrogen-bond acceptors (Lipinski definition) is 1. The van der Waals surface area contributed by atoms with Crippen molar-refractivity contribution in [2.24, 2.45) is 0 Å². The Morgan fingerprint density at radius 1 is 0.302 bits per heavy atom. The van der Waals surface area contributed by atoms with Gasteiger partial charge in [-0.25, -0.2) is 0 Å². The number of rotatable bonds is 6. The Kier molecular flexibility index (Phi) is 7.51. The zero-order chi connectivity index (χ0) is 35.1. The highest BCUT2D eigenvalue weighted by Crippen LogP contribution is 2.39. The molecule has 0 atom stereocenters. The van der Waals surface area contributed by atoms with Gasteiger partial charge in [-0.05, 0) is 104 Å². The van der Waals surface area contributed by atoms with Gasteiger partial charge in [0.15, 0.2) is 0 Å². The van der Waals surface area contributed by atoms with E-state index >= 15 is 0 Å². The van der Waals surface area contributed by atoms with Gasteiger partial charge in [0.1, 0.15) is 0 Å². The van der Waals surface area contributed by atoms with Gasteiger partial charge in [0.2, 0.25) is 0 Å². The normalized spacial score (nSPS) is 11.4. The van der Waals surface area contributed by atoms with Gasteiger partial charge in [0.05, 0.1) is 16.7 Å². The predicted octanol–water partition coefficient (Wildman–Crippen LogP) is 13.7. The Bertz CT molecular complexity index is 2790. The highest BCUT2D eigenvalue weighted by atomic mass is 15.0. The molecule has 0 bridgehead atoms. The molecule has 0 unspecified atom stereocenters. The fourth-order valence-electron chi connectivity index (χ4n) is 7.82. The third-order valence-corrected chi connectivity index (χ3v) is 10.4. The van der Waals surface area contributed by atoms with Crippen LogP contribution in [0.15, 0.2) is 206 Å². The van der Waals surface area contributed by atoms with Crippen molar-refractivity contribution in [1.82, 2.24) is 9.55 Å². The smallest absolute Gasteiger partial charge is 0.0781 e. The van der Waals surface area contributed by atoms with Gasteiger partial charge >= 0.3 is 0 Å². The first-order chi connectivity index (χ1) is 26.3. The summed E-state index contributed by atoms with van der Waals surface area (Å²) < 4.78 is 2.41. The van der Waals surface area contributed by atoms with Crippen molar-refractivity contribution in [1.29, 1.82) is 0 Å². The van der Waals surface area contributed by atoms with Crippen molar-refractivity contribution in [3.05, 3.63) is 206 Å². The predicted molar refractivity (Wildman–Crippen MR) is 223 cm³/mol. The molecule has 0 N–H and O–H groups in total. The summed E-state index contributed by atoms with van der Waals surface area (Å²) in [6.07, 6.45) is 1.91. The Labute approximate surface area is 308 Å². The number of aromatic nitrogens is 2. The molecule has 0 amide bonds. The van der Waals surface area contributed by atoms with Crippen LogP contribution in [0.25, 0.3) is 94.0 Å². The van der Waals surface area contributed by atoms with Gasteiger partial charge in [0, 0.05) is 33.6 Å². The molecular formula is C51H34N2. The van der Waals surface area contributed by atoms with Gasteiger partial charge in [0.25, 0.3) is 0 Å². The van der Waals surface area contributed by atoms with Crippen molar-refractivity contribution in [3.8, 4) is 61.5 Å². The minimum absolute atomic E-state index is 0.992. The van der Waals surface area contributed by atoms with Crippen LogP contribution in [0, 0.1) is 0 Å². The van der Waals surface area contributed by atoms with E-state index in [2.05, 4.69) is 205 Å². The van der Waals surface area contributed by atoms with E-state index in [-0.39, 0.29) is 0 Å². The third kappa shape index (κ3) is 5.58. The molecule has 0 radical (unpaired) electrons. The van der Waals surface area contributed by atoms with Crippen LogP contribution in [-0.2, 0) is 0 Å². The number of hydrogen-bond donors (Lipinski definition) is 0. The Morgan fingerprint density at radius 3 is 1.38 bits per heavy atom. The van der Waals surface area contributed by atoms with Crippen LogP contribution in [0.5, 0.6) is 0 Å². The number of pyridine rings is 1. The molecule has 0 spiro atoms. The lowest BCUT2D eigenvalue weighted by Crippen LogP contribution is -1.95. The summed E-state index contributed by atoms with van der Waals surface area (Å²) in [7, 11) is 0. The molecule has 10 rings (SSSR count). The minimum Gasteiger partial charge on any atom is -0.309 e. The standard InChI is InChI=1S/C51H34N2/c1-3-12-35(13-4-1)38-17-9-19-40(30-38)42-24-26-49-47(33-42)48-34-43(41-20-10-18-39(31-41)36-14-5-2-6-15-36)25-27-50(48)53(49)45-22-11-21-44(32-45)51-46-23-8-7-16-37(46)28-29-52-51/h1-34H. The van der Waals surface area contributed by atoms with Crippen molar-refractivity contribution in [2.75, 3.05) is 0 Å². The Balaban J connectivity index is 1.17. The highest BCUT2D eigenvalue weighted by molar-refractivity contribution is 6.12. The maximum atomic E-state index is 4.86. The first-order valence-corrected chi connectivity index (χ1v) is 18.1. The van der Waals surface area contributed by atoms with Crippen molar-refractivity contribution >= 4 is 32.6 Å². The van der Waals surface area contributed by atoms with Gasteiger partial charge < -0.3 is 4.57 Å². The summed E-state index contributed by atoms with van der Waals surface area (Å²) >= 11 is 0. The van der Waals surface area contributed by atoms with Crippen molar-refractivity contribution in [2.45, 2.75) is 0 Å². The van der Waals surface area contributed by atoms with E-state index in [9.17, 15) is 0 Å². The molecule has 2 aromatic heterocycles. The minimum atomic E-state index is 0.992. The summed E-state index contributed by atoms with van der Waals surface area (Å²) in [6.45, 7) is 0. The van der Waals surface area contributed by atoms with Crippen LogP contribution in [0.1, 0.15) is 0 Å². The second-order valence-electron chi connectivity index (χ2n) is 13.6. The van der Waals surface area contributed by atoms with Crippen LogP contribution in [0.3, 0.4) is 0 Å². The van der Waals surface area contributed by atoms with Gasteiger partial charge in [-0.15, -0.1) is 0 Å². The average molecular weight is 675 g/mol. The monoisotopic (exact) mass is 674 g/mol. The van der Waals surface area contributed by atoms with Crippen LogP contribution in [-0.4, -0.2) is 9.55 Å². The summed E-state index contributed by atoms with van der Waals surface area (Å²) in [5, 5.41) is 4.78. The largest absolute Gasteiger partial charge is 0.309 e. The van der Waals surface area contributed by atoms with Gasteiger partial charge in [-0.1, -0.05) is 146 Å². The topological polar surface area (TPSA) is 17.8 Å². The molecule has 10 aromatic rings. The lowest BCUT2D eigenvalue weighted by molar-refractivity contribution is 1.18. The van der Waals surface area contributed by atoms with Crippen LogP contribution in [0.2, 0.25) is 0 Å². The van der Waals surface area contributed by atoms with Gasteiger partial charge in [-0.2, -0.15) is 0 Å². The highest BCUT2D eigenvalue weighted by Gasteiger charge is 2.16. The molecule has 0 aliphatic heterocycles. The average Bonchev–Trinajstić information content (AvgIpc) is 3.57. The van der Waals surface area contributed by atoms with Gasteiger partial charge in [-0.3, -0.25) is 4.98 Å². The third-order valence-electron chi connectivity index (χ3n) is 10.4. The molecule has 53 heavy (non-hydrogen) atoms. The quantitative estimate of drug-likeness (QED) is 0.172. The van der Waals surface area contributed by atoms with E-state index in [1.807, 2.05) is 6.20 Å². The second kappa shape index (κ2) is 12.9. The Morgan fingerprint density at radius 2 is 0.774 bits per heavy atom. The summed E-state index contributed by atoms with van der Waals surface area (Å²) in [5.74, 6) is 0. The van der Waals surface area contributed by atoms with Crippen molar-refractivity contribution in [3.63, 3.8) is 0 Å². The van der Waals surface area contributed by atoms with E-state index in [1.165, 1.54) is 71.7 Å². The van der Waals surface area contributed by atoms with E-state index in [0.29, 0.717) is 0 Å². The first kappa shape index (κ1) is 30.8. The Hall–Kier alpha value is -7.03. The molecule has 0 aliphatic rings. The van der Waals surface area contributed by atoms with Crippen LogP contribution < -0.4 is 0 Å². The molecule has 2 heteroatoms. The number of benzene rings is 8. The molecule has 0 aliphatic carbocycles. The first-order valence-electron chi connectivity index (χ1n) is 18.1. The zero-order valence-electron chi connectivity index (χ0n) is 29.0. The SMILES string of the molecule is c1ccc(-c2cccc(-c3ccc4c(c3)c3cc(-c5cccc(-c6ccccc6)c5)ccc3n4-c3cccc(-c4nccc5ccccc45)c3)c2)cc1. The van der Waals surface area contributed by atoms with E-state index < -0.39 is 0 Å². The number of fused-ring (bicyclic) bond motifs is 4. The molecule has 0 saturated heterocycles. The molecule has 248 valence electrons. The summed E-state index contributed by atoms with van der Waals surface area (Å²) in [6, 6.07) is 72.2. The zero-order valence-corrected chi connectivity index (χ0v) is 29.0. The van der Waals surface area contributed by atoms with E-state index in [4.69, 9.17) is 4.98 Å². The maximum absolute atomic E-state index is 4.86. The summed E-state index contributed by atoms with van der Waals surface area (Å²) in [5.41, 5.74) is 15.2. The second-order valence-corrected chi connectivity index (χ2v) is 13.6. The molecular weight excluding hydrogens is 641 g/mol. The van der Waals surface area contributed by atoms with Crippen LogP contribution in [0.4, 0.5) is 0 Å². The molecule has 0 saturated carbocycles. The lowest BCUT2D eigenvalue weighted by Gasteiger charge is -2.12. The maximum Gasteiger partial charge on any atom is 0.0781 e. The fourth-order valence-corrected chi connectivity index (χ4v) is 7.82. The lowest BCUT2D eigenvalue weighted by atomic mass is 9.96. The van der Waals surface area contributed by atoms with E-state index in [1.54, 1.807) is 0 Å². The molecule has 0 fully saturated rings. The van der Waals surface area contributed by atoms with Crippen molar-refractivity contribution < 1.29 is 0 Å². The molecule has 2 nitrogen and oxygen atoms in total. The molecule has 8 aromatic carbocycles. The number of nitrogens with zero attached hydrogens (tertiary/aromatic N) is 2.